The Balaban J connectivity index is 1.39. The van der Waals surface area contributed by atoms with Crippen molar-refractivity contribution in [2.45, 2.75) is 11.4 Å². The molecule has 3 aromatic rings. The van der Waals surface area contributed by atoms with Crippen LogP contribution in [0.1, 0.15) is 16.2 Å². The fourth-order valence-electron chi connectivity index (χ4n) is 3.38. The lowest BCUT2D eigenvalue weighted by molar-refractivity contribution is 0.0781. The lowest BCUT2D eigenvalue weighted by Gasteiger charge is -2.22. The third-order valence-corrected chi connectivity index (χ3v) is 8.03. The van der Waals surface area contributed by atoms with Crippen LogP contribution in [-0.4, -0.2) is 53.7 Å². The molecule has 0 saturated heterocycles. The molecule has 2 aliphatic heterocycles. The van der Waals surface area contributed by atoms with E-state index in [9.17, 15) is 18.0 Å². The summed E-state index contributed by atoms with van der Waals surface area (Å²) in [6.45, 7) is 0.500. The first-order valence-corrected chi connectivity index (χ1v) is 12.3. The maximum absolute atomic E-state index is 12.9. The smallest absolute Gasteiger partial charge is 0.268 e. The Morgan fingerprint density at radius 1 is 1.33 bits per heavy atom. The van der Waals surface area contributed by atoms with Gasteiger partial charge >= 0.3 is 0 Å². The van der Waals surface area contributed by atoms with Crippen LogP contribution in [0.15, 0.2) is 43.7 Å². The molecule has 0 bridgehead atoms. The van der Waals surface area contributed by atoms with Gasteiger partial charge in [-0.3, -0.25) is 9.59 Å². The van der Waals surface area contributed by atoms with E-state index < -0.39 is 10.0 Å². The number of anilines is 1. The summed E-state index contributed by atoms with van der Waals surface area (Å²) in [6.07, 6.45) is 0. The largest absolute Gasteiger partial charge is 0.334 e. The Morgan fingerprint density at radius 2 is 2.17 bits per heavy atom. The van der Waals surface area contributed by atoms with Gasteiger partial charge in [0.05, 0.1) is 23.5 Å². The van der Waals surface area contributed by atoms with Gasteiger partial charge in [-0.1, -0.05) is 0 Å². The van der Waals surface area contributed by atoms with Gasteiger partial charge in [-0.25, -0.2) is 13.4 Å². The van der Waals surface area contributed by atoms with Crippen LogP contribution in [0.4, 0.5) is 5.69 Å². The molecule has 0 spiro atoms. The minimum atomic E-state index is -3.43. The monoisotopic (exact) mass is 461 g/mol. The molecule has 5 rings (SSSR count). The maximum Gasteiger partial charge on any atom is 0.268 e. The molecule has 0 radical (unpaired) electrons. The molecule has 2 aromatic heterocycles. The highest BCUT2D eigenvalue weighted by Gasteiger charge is 2.33. The highest BCUT2D eigenvalue weighted by Crippen LogP contribution is 2.42. The van der Waals surface area contributed by atoms with E-state index in [0.717, 1.165) is 10.6 Å². The number of sulfonamides is 1. The van der Waals surface area contributed by atoms with Crippen molar-refractivity contribution in [2.75, 3.05) is 24.2 Å². The Kier molecular flexibility index (Phi) is 4.45. The number of nitrogens with zero attached hydrogens (tertiary/aromatic N) is 4. The molecule has 1 N–H and O–H groups in total. The van der Waals surface area contributed by atoms with Gasteiger partial charge in [0.15, 0.2) is 5.17 Å². The third kappa shape index (κ3) is 3.30. The van der Waals surface area contributed by atoms with E-state index in [2.05, 4.69) is 14.4 Å². The van der Waals surface area contributed by atoms with Crippen LogP contribution < -0.4 is 10.5 Å². The Bertz CT molecular complexity index is 1390. The highest BCUT2D eigenvalue weighted by atomic mass is 32.2. The van der Waals surface area contributed by atoms with Gasteiger partial charge in [-0.2, -0.15) is 0 Å². The number of fused-ring (bicyclic) bond motifs is 4. The van der Waals surface area contributed by atoms with Gasteiger partial charge in [0.25, 0.3) is 21.5 Å². The van der Waals surface area contributed by atoms with Crippen molar-refractivity contribution in [3.63, 3.8) is 0 Å². The number of rotatable bonds is 3. The first kappa shape index (κ1) is 19.3. The number of hydrogen-bond acceptors (Lipinski definition) is 8. The van der Waals surface area contributed by atoms with E-state index in [4.69, 9.17) is 0 Å². The zero-order valence-electron chi connectivity index (χ0n) is 15.7. The quantitative estimate of drug-likeness (QED) is 0.633. The Morgan fingerprint density at radius 3 is 3.00 bits per heavy atom. The molecule has 0 fully saturated rings. The topological polar surface area (TPSA) is 116 Å². The number of aromatic nitrogens is 2. The van der Waals surface area contributed by atoms with Crippen LogP contribution in [0.5, 0.6) is 0 Å². The van der Waals surface area contributed by atoms with Crippen molar-refractivity contribution in [1.29, 1.82) is 0 Å². The Hall–Kier alpha value is -2.70. The van der Waals surface area contributed by atoms with Crippen molar-refractivity contribution < 1.29 is 13.2 Å². The number of carbonyl (C=O) groups excluding carboxylic acids is 1. The lowest BCUT2D eigenvalue weighted by atomic mass is 10.1. The second-order valence-electron chi connectivity index (χ2n) is 6.90. The standard InChI is InChI=1S/C18H15N5O4S3/c1-22(9-14-19-11-4-6-28-15(11)16(24)20-14)17(25)10-2-3-12-13(8-10)29-18-21-30(26,27)7-5-23(12)18/h2-4,6,8H,5,7,9H2,1H3,(H,19,20,24). The van der Waals surface area contributed by atoms with Crippen molar-refractivity contribution in [1.82, 2.24) is 14.9 Å². The fraction of sp³-hybridized carbons (Fsp3) is 0.222. The Labute approximate surface area is 179 Å². The number of carbonyl (C=O) groups is 1. The molecule has 0 atom stereocenters. The molecule has 0 unspecified atom stereocenters. The predicted octanol–water partition coefficient (Wildman–Crippen LogP) is 1.87. The zero-order valence-corrected chi connectivity index (χ0v) is 18.1. The van der Waals surface area contributed by atoms with Crippen LogP contribution in [-0.2, 0) is 16.6 Å². The molecular weight excluding hydrogens is 446 g/mol. The summed E-state index contributed by atoms with van der Waals surface area (Å²) in [5.41, 5.74) is 1.71. The predicted molar refractivity (Wildman–Crippen MR) is 117 cm³/mol. The normalized spacial score (nSPS) is 16.8. The lowest BCUT2D eigenvalue weighted by Crippen LogP contribution is -2.35. The summed E-state index contributed by atoms with van der Waals surface area (Å²) in [6, 6.07) is 7.03. The van der Waals surface area contributed by atoms with E-state index in [1.807, 2.05) is 4.90 Å². The fourth-order valence-corrected chi connectivity index (χ4v) is 6.40. The molecule has 0 saturated carbocycles. The summed E-state index contributed by atoms with van der Waals surface area (Å²) in [4.78, 5) is 36.3. The molecular formula is C18H15N5O4S3. The van der Waals surface area contributed by atoms with Gasteiger partial charge in [0.1, 0.15) is 10.5 Å². The maximum atomic E-state index is 12.9. The molecule has 30 heavy (non-hydrogen) atoms. The average Bonchev–Trinajstić information content (AvgIpc) is 3.29. The van der Waals surface area contributed by atoms with Gasteiger partial charge in [0, 0.05) is 24.1 Å². The summed E-state index contributed by atoms with van der Waals surface area (Å²) < 4.78 is 27.9. The molecule has 1 aromatic carbocycles. The van der Waals surface area contributed by atoms with Gasteiger partial charge in [0.2, 0.25) is 0 Å². The summed E-state index contributed by atoms with van der Waals surface area (Å²) in [5, 5.41) is 2.22. The molecule has 0 aliphatic carbocycles. The van der Waals surface area contributed by atoms with E-state index in [-0.39, 0.29) is 23.8 Å². The van der Waals surface area contributed by atoms with Gasteiger partial charge in [-0.05, 0) is 41.4 Å². The minimum Gasteiger partial charge on any atom is -0.334 e. The van der Waals surface area contributed by atoms with Crippen LogP contribution in [0.2, 0.25) is 0 Å². The molecule has 9 nitrogen and oxygen atoms in total. The van der Waals surface area contributed by atoms with Crippen molar-refractivity contribution >= 4 is 60.1 Å². The number of H-pyrrole nitrogens is 1. The number of nitrogens with one attached hydrogen (secondary N) is 1. The summed E-state index contributed by atoms with van der Waals surface area (Å²) in [5.74, 6) is 0.152. The number of aromatic amines is 1. The average molecular weight is 462 g/mol. The van der Waals surface area contributed by atoms with E-state index >= 15 is 0 Å². The van der Waals surface area contributed by atoms with Crippen molar-refractivity contribution in [3.8, 4) is 0 Å². The van der Waals surface area contributed by atoms with E-state index in [1.165, 1.54) is 28.0 Å². The molecule has 1 amide bonds. The number of thiophene rings is 1. The first-order valence-electron chi connectivity index (χ1n) is 8.95. The summed E-state index contributed by atoms with van der Waals surface area (Å²) >= 11 is 2.57. The van der Waals surface area contributed by atoms with E-state index in [0.29, 0.717) is 33.3 Å². The highest BCUT2D eigenvalue weighted by molar-refractivity contribution is 8.15. The number of hydrogen-bond donors (Lipinski definition) is 1. The number of amidine groups is 1. The molecule has 154 valence electrons. The zero-order chi connectivity index (χ0) is 21.0. The minimum absolute atomic E-state index is 0.0282. The number of thioether (sulfide) groups is 1. The molecule has 12 heteroatoms. The number of amides is 1. The molecule has 4 heterocycles. The van der Waals surface area contributed by atoms with Crippen LogP contribution in [0.3, 0.4) is 0 Å². The van der Waals surface area contributed by atoms with Gasteiger partial charge in [-0.15, -0.1) is 15.7 Å². The van der Waals surface area contributed by atoms with Gasteiger partial charge < -0.3 is 14.8 Å². The second kappa shape index (κ2) is 6.93. The van der Waals surface area contributed by atoms with Crippen LogP contribution >= 0.6 is 23.1 Å². The molecule has 2 aliphatic rings. The third-order valence-electron chi connectivity index (χ3n) is 4.82. The summed E-state index contributed by atoms with van der Waals surface area (Å²) in [7, 11) is -1.79. The second-order valence-corrected chi connectivity index (χ2v) is 10.6. The van der Waals surface area contributed by atoms with E-state index in [1.54, 1.807) is 36.7 Å². The number of benzene rings is 1. The van der Waals surface area contributed by atoms with Crippen molar-refractivity contribution in [2.24, 2.45) is 4.40 Å². The van der Waals surface area contributed by atoms with Crippen LogP contribution in [0.25, 0.3) is 10.2 Å². The van der Waals surface area contributed by atoms with Crippen molar-refractivity contribution in [3.05, 3.63) is 51.4 Å². The first-order chi connectivity index (χ1) is 14.3. The van der Waals surface area contributed by atoms with Crippen LogP contribution in [0, 0.1) is 0 Å². The SMILES string of the molecule is CN(Cc1nc2ccsc2c(=O)[nH]1)C(=O)c1ccc2c(c1)SC1=NS(=O)(=O)CCN12.